The van der Waals surface area contributed by atoms with Crippen LogP contribution < -0.4 is 10.5 Å². The van der Waals surface area contributed by atoms with Crippen molar-refractivity contribution >= 4 is 22.6 Å². The van der Waals surface area contributed by atoms with Crippen molar-refractivity contribution in [1.82, 2.24) is 4.57 Å². The molecule has 3 rings (SSSR count). The zero-order valence-corrected chi connectivity index (χ0v) is 11.9. The molecular formula is C17H16N2O3. The van der Waals surface area contributed by atoms with Crippen LogP contribution in [-0.2, 0) is 17.9 Å². The Balaban J connectivity index is 1.93. The minimum atomic E-state index is -0.910. The van der Waals surface area contributed by atoms with Gasteiger partial charge in [-0.25, -0.2) is 0 Å². The second-order valence-electron chi connectivity index (χ2n) is 5.03. The third-order valence-electron chi connectivity index (χ3n) is 3.44. The highest BCUT2D eigenvalue weighted by molar-refractivity contribution is 5.97. The van der Waals surface area contributed by atoms with Gasteiger partial charge in [-0.05, 0) is 17.7 Å². The van der Waals surface area contributed by atoms with Crippen LogP contribution in [0.1, 0.15) is 5.56 Å². The minimum absolute atomic E-state index is 0.129. The predicted molar refractivity (Wildman–Crippen MR) is 84.8 cm³/mol. The molecule has 0 saturated carbocycles. The first-order valence-electron chi connectivity index (χ1n) is 6.91. The number of carboxylic acids is 1. The van der Waals surface area contributed by atoms with Crippen molar-refractivity contribution in [2.75, 3.05) is 5.73 Å². The zero-order chi connectivity index (χ0) is 15.5. The fraction of sp³-hybridized carbons (Fsp3) is 0.118. The summed E-state index contributed by atoms with van der Waals surface area (Å²) in [5.74, 6) is -0.254. The van der Waals surface area contributed by atoms with Crippen LogP contribution in [0.4, 0.5) is 5.69 Å². The molecule has 1 heterocycles. The monoisotopic (exact) mass is 296 g/mol. The quantitative estimate of drug-likeness (QED) is 0.759. The van der Waals surface area contributed by atoms with E-state index in [-0.39, 0.29) is 6.54 Å². The average molecular weight is 296 g/mol. The summed E-state index contributed by atoms with van der Waals surface area (Å²) < 4.78 is 7.48. The Bertz CT molecular complexity index is 809. The normalized spacial score (nSPS) is 10.7. The van der Waals surface area contributed by atoms with E-state index in [1.807, 2.05) is 48.5 Å². The standard InChI is InChI=1S/C17H16N2O3/c18-13-9-19(10-16(20)21)14-7-4-8-15(17(13)14)22-11-12-5-2-1-3-6-12/h1-9H,10-11,18H2,(H,20,21). The van der Waals surface area contributed by atoms with E-state index in [2.05, 4.69) is 0 Å². The van der Waals surface area contributed by atoms with E-state index in [1.165, 1.54) is 0 Å². The molecule has 0 spiro atoms. The number of nitrogens with zero attached hydrogens (tertiary/aromatic N) is 1. The van der Waals surface area contributed by atoms with E-state index in [9.17, 15) is 4.79 Å². The lowest BCUT2D eigenvalue weighted by molar-refractivity contribution is -0.137. The SMILES string of the molecule is Nc1cn(CC(=O)O)c2cccc(OCc3ccccc3)c12. The molecule has 0 unspecified atom stereocenters. The van der Waals surface area contributed by atoms with E-state index in [0.717, 1.165) is 16.5 Å². The summed E-state index contributed by atoms with van der Waals surface area (Å²) in [6.45, 7) is 0.305. The molecule has 0 aliphatic rings. The van der Waals surface area contributed by atoms with Crippen molar-refractivity contribution in [3.8, 4) is 5.75 Å². The van der Waals surface area contributed by atoms with Crippen molar-refractivity contribution in [3.05, 3.63) is 60.3 Å². The molecule has 5 heteroatoms. The number of carboxylic acid groups (broad SMARTS) is 1. The van der Waals surface area contributed by atoms with Gasteiger partial charge >= 0.3 is 5.97 Å². The number of nitrogens with two attached hydrogens (primary N) is 1. The van der Waals surface area contributed by atoms with E-state index in [4.69, 9.17) is 15.6 Å². The summed E-state index contributed by atoms with van der Waals surface area (Å²) in [5.41, 5.74) is 8.36. The Morgan fingerprint density at radius 1 is 1.14 bits per heavy atom. The summed E-state index contributed by atoms with van der Waals surface area (Å²) in [5, 5.41) is 9.71. The van der Waals surface area contributed by atoms with E-state index < -0.39 is 5.97 Å². The first-order valence-corrected chi connectivity index (χ1v) is 6.91. The molecule has 0 saturated heterocycles. The molecule has 1 aromatic heterocycles. The third kappa shape index (κ3) is 2.74. The van der Waals surface area contributed by atoms with Gasteiger partial charge in [-0.3, -0.25) is 4.79 Å². The number of carbonyl (C=O) groups is 1. The summed E-state index contributed by atoms with van der Waals surface area (Å²) >= 11 is 0. The van der Waals surface area contributed by atoms with Gasteiger partial charge in [0.25, 0.3) is 0 Å². The van der Waals surface area contributed by atoms with Crippen molar-refractivity contribution in [2.45, 2.75) is 13.2 Å². The van der Waals surface area contributed by atoms with Crippen LogP contribution in [0, 0.1) is 0 Å². The van der Waals surface area contributed by atoms with Gasteiger partial charge in [0.1, 0.15) is 18.9 Å². The summed E-state index contributed by atoms with van der Waals surface area (Å²) in [4.78, 5) is 10.9. The van der Waals surface area contributed by atoms with Crippen LogP contribution in [0.15, 0.2) is 54.7 Å². The Morgan fingerprint density at radius 3 is 2.64 bits per heavy atom. The first kappa shape index (κ1) is 14.0. The largest absolute Gasteiger partial charge is 0.488 e. The number of fused-ring (bicyclic) bond motifs is 1. The van der Waals surface area contributed by atoms with Crippen LogP contribution in [0.3, 0.4) is 0 Å². The van der Waals surface area contributed by atoms with Crippen molar-refractivity contribution < 1.29 is 14.6 Å². The highest BCUT2D eigenvalue weighted by Gasteiger charge is 2.13. The highest BCUT2D eigenvalue weighted by atomic mass is 16.5. The van der Waals surface area contributed by atoms with Gasteiger partial charge in [-0.15, -0.1) is 0 Å². The Kier molecular flexibility index (Phi) is 3.70. The van der Waals surface area contributed by atoms with Gasteiger partial charge in [0, 0.05) is 6.20 Å². The molecule has 0 aliphatic carbocycles. The molecule has 22 heavy (non-hydrogen) atoms. The van der Waals surface area contributed by atoms with E-state index >= 15 is 0 Å². The number of rotatable bonds is 5. The fourth-order valence-electron chi connectivity index (χ4n) is 2.48. The lowest BCUT2D eigenvalue weighted by atomic mass is 10.2. The maximum atomic E-state index is 10.9. The first-order chi connectivity index (χ1) is 10.6. The lowest BCUT2D eigenvalue weighted by Gasteiger charge is -2.09. The number of aromatic nitrogens is 1. The van der Waals surface area contributed by atoms with Crippen molar-refractivity contribution in [1.29, 1.82) is 0 Å². The van der Waals surface area contributed by atoms with Crippen LogP contribution in [-0.4, -0.2) is 15.6 Å². The number of anilines is 1. The van der Waals surface area contributed by atoms with Gasteiger partial charge in [0.05, 0.1) is 16.6 Å². The molecule has 0 radical (unpaired) electrons. The van der Waals surface area contributed by atoms with E-state index in [1.54, 1.807) is 10.8 Å². The van der Waals surface area contributed by atoms with Crippen LogP contribution in [0.5, 0.6) is 5.75 Å². The molecule has 3 aromatic rings. The highest BCUT2D eigenvalue weighted by Crippen LogP contribution is 2.32. The smallest absolute Gasteiger partial charge is 0.323 e. The van der Waals surface area contributed by atoms with Gasteiger partial charge in [-0.2, -0.15) is 0 Å². The number of hydrogen-bond donors (Lipinski definition) is 2. The van der Waals surface area contributed by atoms with Gasteiger partial charge < -0.3 is 20.1 Å². The number of nitrogen functional groups attached to an aromatic ring is 1. The molecule has 0 atom stereocenters. The molecular weight excluding hydrogens is 280 g/mol. The Morgan fingerprint density at radius 2 is 1.91 bits per heavy atom. The molecule has 0 fully saturated rings. The summed E-state index contributed by atoms with van der Waals surface area (Å²) in [6, 6.07) is 15.3. The summed E-state index contributed by atoms with van der Waals surface area (Å²) in [6.07, 6.45) is 1.63. The Labute approximate surface area is 127 Å². The van der Waals surface area contributed by atoms with Crippen molar-refractivity contribution in [3.63, 3.8) is 0 Å². The lowest BCUT2D eigenvalue weighted by Crippen LogP contribution is -2.07. The number of ether oxygens (including phenoxy) is 1. The molecule has 3 N–H and O–H groups in total. The minimum Gasteiger partial charge on any atom is -0.488 e. The van der Waals surface area contributed by atoms with Crippen LogP contribution in [0.25, 0.3) is 10.9 Å². The van der Waals surface area contributed by atoms with Crippen molar-refractivity contribution in [2.24, 2.45) is 0 Å². The molecule has 112 valence electrons. The number of benzene rings is 2. The van der Waals surface area contributed by atoms with Gasteiger partial charge in [0.15, 0.2) is 0 Å². The van der Waals surface area contributed by atoms with Gasteiger partial charge in [-0.1, -0.05) is 36.4 Å². The molecule has 0 aliphatic heterocycles. The van der Waals surface area contributed by atoms with Gasteiger partial charge in [0.2, 0.25) is 0 Å². The second kappa shape index (κ2) is 5.81. The van der Waals surface area contributed by atoms with Crippen LogP contribution >= 0.6 is 0 Å². The van der Waals surface area contributed by atoms with Crippen LogP contribution in [0.2, 0.25) is 0 Å². The third-order valence-corrected chi connectivity index (χ3v) is 3.44. The number of aliphatic carboxylic acids is 1. The molecule has 5 nitrogen and oxygen atoms in total. The average Bonchev–Trinajstić information content (AvgIpc) is 2.82. The van der Waals surface area contributed by atoms with E-state index in [0.29, 0.717) is 18.0 Å². The summed E-state index contributed by atoms with van der Waals surface area (Å²) in [7, 11) is 0. The fourth-order valence-corrected chi connectivity index (χ4v) is 2.48. The predicted octanol–water partition coefficient (Wildman–Crippen LogP) is 2.89. The number of hydrogen-bond acceptors (Lipinski definition) is 3. The topological polar surface area (TPSA) is 77.5 Å². The molecule has 0 amide bonds. The zero-order valence-electron chi connectivity index (χ0n) is 11.9. The maximum absolute atomic E-state index is 10.9. The molecule has 0 bridgehead atoms. The second-order valence-corrected chi connectivity index (χ2v) is 5.03. The maximum Gasteiger partial charge on any atom is 0.323 e. The Hall–Kier alpha value is -2.95. The molecule has 2 aromatic carbocycles.